The molecular formula is C20H18ClN3O5. The van der Waals surface area contributed by atoms with Crippen LogP contribution in [0, 0.1) is 10.1 Å². The fourth-order valence-electron chi connectivity index (χ4n) is 2.66. The third kappa shape index (κ3) is 5.34. The summed E-state index contributed by atoms with van der Waals surface area (Å²) in [5.74, 6) is 0.440. The SMILES string of the molecule is O=C(O)c1ccc(-c2ccc(CNCCNc3ccc([N+](=O)[O-])cc3Cl)o2)cc1. The molecule has 0 fully saturated rings. The number of benzene rings is 2. The van der Waals surface area contributed by atoms with Crippen LogP contribution in [0.2, 0.25) is 5.02 Å². The van der Waals surface area contributed by atoms with Crippen LogP contribution in [0.4, 0.5) is 11.4 Å². The molecule has 2 aromatic carbocycles. The zero-order chi connectivity index (χ0) is 20.8. The van der Waals surface area contributed by atoms with E-state index < -0.39 is 10.9 Å². The van der Waals surface area contributed by atoms with Crippen molar-refractivity contribution in [3.05, 3.63) is 81.1 Å². The average molecular weight is 416 g/mol. The Kier molecular flexibility index (Phi) is 6.48. The highest BCUT2D eigenvalue weighted by Crippen LogP contribution is 2.26. The van der Waals surface area contributed by atoms with Gasteiger partial charge in [-0.15, -0.1) is 0 Å². The first kappa shape index (κ1) is 20.4. The van der Waals surface area contributed by atoms with Crippen LogP contribution in [0.3, 0.4) is 0 Å². The van der Waals surface area contributed by atoms with Gasteiger partial charge in [0.2, 0.25) is 0 Å². The lowest BCUT2D eigenvalue weighted by atomic mass is 10.1. The van der Waals surface area contributed by atoms with Gasteiger partial charge in [0, 0.05) is 30.8 Å². The maximum absolute atomic E-state index is 10.9. The van der Waals surface area contributed by atoms with Gasteiger partial charge in [0.05, 0.1) is 27.7 Å². The maximum Gasteiger partial charge on any atom is 0.335 e. The zero-order valence-electron chi connectivity index (χ0n) is 15.2. The van der Waals surface area contributed by atoms with E-state index in [0.29, 0.717) is 36.1 Å². The molecular weight excluding hydrogens is 398 g/mol. The van der Waals surface area contributed by atoms with Crippen molar-refractivity contribution in [3.63, 3.8) is 0 Å². The molecule has 9 heteroatoms. The highest BCUT2D eigenvalue weighted by Gasteiger charge is 2.09. The first-order valence-electron chi connectivity index (χ1n) is 8.75. The van der Waals surface area contributed by atoms with Crippen molar-refractivity contribution in [1.29, 1.82) is 0 Å². The molecule has 0 aliphatic rings. The first-order valence-corrected chi connectivity index (χ1v) is 9.13. The van der Waals surface area contributed by atoms with E-state index in [0.717, 1.165) is 11.3 Å². The molecule has 0 radical (unpaired) electrons. The second kappa shape index (κ2) is 9.22. The molecule has 29 heavy (non-hydrogen) atoms. The van der Waals surface area contributed by atoms with Crippen LogP contribution in [0.5, 0.6) is 0 Å². The summed E-state index contributed by atoms with van der Waals surface area (Å²) < 4.78 is 5.77. The average Bonchev–Trinajstić information content (AvgIpc) is 3.17. The molecule has 0 saturated heterocycles. The van der Waals surface area contributed by atoms with Gasteiger partial charge in [-0.25, -0.2) is 4.79 Å². The van der Waals surface area contributed by atoms with E-state index in [-0.39, 0.29) is 11.3 Å². The molecule has 0 aliphatic carbocycles. The smallest absolute Gasteiger partial charge is 0.335 e. The number of nitro benzene ring substituents is 1. The van der Waals surface area contributed by atoms with E-state index in [1.807, 2.05) is 12.1 Å². The molecule has 3 rings (SSSR count). The Morgan fingerprint density at radius 2 is 1.86 bits per heavy atom. The third-order valence-electron chi connectivity index (χ3n) is 4.16. The van der Waals surface area contributed by atoms with Crippen LogP contribution in [-0.2, 0) is 6.54 Å². The molecule has 1 heterocycles. The number of hydrogen-bond acceptors (Lipinski definition) is 6. The molecule has 0 spiro atoms. The van der Waals surface area contributed by atoms with Gasteiger partial charge in [-0.1, -0.05) is 23.7 Å². The normalized spacial score (nSPS) is 10.7. The standard InChI is InChI=1S/C20H18ClN3O5/c21-17-11-15(24(27)28)5-7-18(17)23-10-9-22-12-16-6-8-19(29-16)13-1-3-14(4-2-13)20(25)26/h1-8,11,22-23H,9-10,12H2,(H,25,26). The highest BCUT2D eigenvalue weighted by atomic mass is 35.5. The minimum atomic E-state index is -0.968. The Hall–Kier alpha value is -3.36. The molecule has 3 N–H and O–H groups in total. The molecule has 3 aromatic rings. The fraction of sp³-hybridized carbons (Fsp3) is 0.150. The lowest BCUT2D eigenvalue weighted by Gasteiger charge is -2.08. The van der Waals surface area contributed by atoms with Gasteiger partial charge in [0.15, 0.2) is 0 Å². The molecule has 150 valence electrons. The number of nitro groups is 1. The molecule has 1 aromatic heterocycles. The van der Waals surface area contributed by atoms with Crippen LogP contribution in [0.25, 0.3) is 11.3 Å². The van der Waals surface area contributed by atoms with Crippen LogP contribution in [-0.4, -0.2) is 29.1 Å². The van der Waals surface area contributed by atoms with Gasteiger partial charge in [-0.05, 0) is 30.3 Å². The Morgan fingerprint density at radius 1 is 1.10 bits per heavy atom. The minimum Gasteiger partial charge on any atom is -0.478 e. The number of carboxylic acids is 1. The monoisotopic (exact) mass is 415 g/mol. The van der Waals surface area contributed by atoms with Crippen molar-refractivity contribution in [2.75, 3.05) is 18.4 Å². The number of carboxylic acid groups (broad SMARTS) is 1. The Bertz CT molecular complexity index is 1020. The summed E-state index contributed by atoms with van der Waals surface area (Å²) in [4.78, 5) is 21.1. The van der Waals surface area contributed by atoms with Crippen LogP contribution in [0.15, 0.2) is 59.0 Å². The van der Waals surface area contributed by atoms with Crippen molar-refractivity contribution >= 4 is 28.9 Å². The number of aromatic carboxylic acids is 1. The summed E-state index contributed by atoms with van der Waals surface area (Å²) in [6, 6.07) is 14.5. The third-order valence-corrected chi connectivity index (χ3v) is 4.47. The zero-order valence-corrected chi connectivity index (χ0v) is 16.0. The van der Waals surface area contributed by atoms with E-state index in [9.17, 15) is 14.9 Å². The van der Waals surface area contributed by atoms with E-state index in [2.05, 4.69) is 10.6 Å². The summed E-state index contributed by atoms with van der Waals surface area (Å²) in [6.07, 6.45) is 0. The number of nitrogens with one attached hydrogen (secondary N) is 2. The van der Waals surface area contributed by atoms with Crippen molar-refractivity contribution < 1.29 is 19.2 Å². The van der Waals surface area contributed by atoms with Gasteiger partial charge in [-0.3, -0.25) is 10.1 Å². The van der Waals surface area contributed by atoms with Crippen molar-refractivity contribution in [3.8, 4) is 11.3 Å². The first-order chi connectivity index (χ1) is 13.9. The lowest BCUT2D eigenvalue weighted by Crippen LogP contribution is -2.21. The van der Waals surface area contributed by atoms with Crippen LogP contribution in [0.1, 0.15) is 16.1 Å². The molecule has 8 nitrogen and oxygen atoms in total. The number of carbonyl (C=O) groups is 1. The van der Waals surface area contributed by atoms with Crippen molar-refractivity contribution in [2.24, 2.45) is 0 Å². The highest BCUT2D eigenvalue weighted by molar-refractivity contribution is 6.33. The van der Waals surface area contributed by atoms with Crippen molar-refractivity contribution in [1.82, 2.24) is 5.32 Å². The molecule has 0 atom stereocenters. The minimum absolute atomic E-state index is 0.0510. The second-order valence-corrected chi connectivity index (χ2v) is 6.58. The molecule has 0 saturated carbocycles. The van der Waals surface area contributed by atoms with E-state index >= 15 is 0 Å². The predicted molar refractivity (Wildman–Crippen MR) is 109 cm³/mol. The van der Waals surface area contributed by atoms with Gasteiger partial charge >= 0.3 is 5.97 Å². The Balaban J connectivity index is 1.46. The van der Waals surface area contributed by atoms with Crippen LogP contribution >= 0.6 is 11.6 Å². The van der Waals surface area contributed by atoms with E-state index in [1.54, 1.807) is 18.2 Å². The lowest BCUT2D eigenvalue weighted by molar-refractivity contribution is -0.384. The molecule has 0 unspecified atom stereocenters. The topological polar surface area (TPSA) is 118 Å². The number of rotatable bonds is 9. The van der Waals surface area contributed by atoms with Gasteiger partial charge in [0.25, 0.3) is 5.69 Å². The van der Waals surface area contributed by atoms with Gasteiger partial charge < -0.3 is 20.2 Å². The largest absolute Gasteiger partial charge is 0.478 e. The second-order valence-electron chi connectivity index (χ2n) is 6.17. The quantitative estimate of drug-likeness (QED) is 0.269. The molecule has 0 bridgehead atoms. The number of furan rings is 1. The number of hydrogen-bond donors (Lipinski definition) is 3. The van der Waals surface area contributed by atoms with E-state index in [1.165, 1.54) is 24.3 Å². The van der Waals surface area contributed by atoms with Gasteiger partial charge in [-0.2, -0.15) is 0 Å². The summed E-state index contributed by atoms with van der Waals surface area (Å²) >= 11 is 6.04. The number of anilines is 1. The number of halogens is 1. The number of non-ortho nitro benzene ring substituents is 1. The predicted octanol–water partition coefficient (Wildman–Crippen LogP) is 4.41. The summed E-state index contributed by atoms with van der Waals surface area (Å²) in [6.45, 7) is 1.71. The van der Waals surface area contributed by atoms with Crippen LogP contribution < -0.4 is 10.6 Å². The molecule has 0 aliphatic heterocycles. The Morgan fingerprint density at radius 3 is 2.52 bits per heavy atom. The summed E-state index contributed by atoms with van der Waals surface area (Å²) in [5, 5.41) is 26.3. The summed E-state index contributed by atoms with van der Waals surface area (Å²) in [5.41, 5.74) is 1.60. The Labute approximate surface area is 171 Å². The number of nitrogens with zero attached hydrogens (tertiary/aromatic N) is 1. The molecule has 0 amide bonds. The van der Waals surface area contributed by atoms with Gasteiger partial charge in [0.1, 0.15) is 11.5 Å². The fourth-order valence-corrected chi connectivity index (χ4v) is 2.90. The van der Waals surface area contributed by atoms with E-state index in [4.69, 9.17) is 21.1 Å². The maximum atomic E-state index is 10.9. The summed E-state index contributed by atoms with van der Waals surface area (Å²) in [7, 11) is 0. The van der Waals surface area contributed by atoms with Crippen molar-refractivity contribution in [2.45, 2.75) is 6.54 Å².